The molecule has 0 aliphatic carbocycles. The van der Waals surface area contributed by atoms with E-state index in [2.05, 4.69) is 5.16 Å². The SMILES string of the molecule is CC(=O)N(c1ccccc1)[C@@H]1C[C@H](C)N(C(=O)c2cnoc2C)c2ccccc21. The predicted molar refractivity (Wildman–Crippen MR) is 111 cm³/mol. The van der Waals surface area contributed by atoms with Crippen molar-refractivity contribution >= 4 is 23.2 Å². The van der Waals surface area contributed by atoms with Gasteiger partial charge in [-0.2, -0.15) is 0 Å². The van der Waals surface area contributed by atoms with Crippen LogP contribution in [0, 0.1) is 6.92 Å². The molecule has 0 spiro atoms. The molecule has 3 aromatic rings. The van der Waals surface area contributed by atoms with Crippen LogP contribution in [0.3, 0.4) is 0 Å². The van der Waals surface area contributed by atoms with Gasteiger partial charge in [0, 0.05) is 24.3 Å². The van der Waals surface area contributed by atoms with E-state index in [0.29, 0.717) is 17.7 Å². The summed E-state index contributed by atoms with van der Waals surface area (Å²) in [6.45, 7) is 5.32. The normalized spacial score (nSPS) is 18.2. The van der Waals surface area contributed by atoms with Crippen LogP contribution in [-0.2, 0) is 4.79 Å². The zero-order valence-electron chi connectivity index (χ0n) is 16.7. The molecule has 0 saturated carbocycles. The van der Waals surface area contributed by atoms with Crippen LogP contribution in [-0.4, -0.2) is 23.0 Å². The van der Waals surface area contributed by atoms with Gasteiger partial charge in [0.25, 0.3) is 5.91 Å². The topological polar surface area (TPSA) is 66.7 Å². The maximum atomic E-state index is 13.3. The van der Waals surface area contributed by atoms with Crippen molar-refractivity contribution in [2.45, 2.75) is 39.3 Å². The Bertz CT molecular complexity index is 1040. The Labute approximate surface area is 169 Å². The van der Waals surface area contributed by atoms with Crippen molar-refractivity contribution < 1.29 is 14.1 Å². The predicted octanol–water partition coefficient (Wildman–Crippen LogP) is 4.52. The average Bonchev–Trinajstić information content (AvgIpc) is 3.14. The summed E-state index contributed by atoms with van der Waals surface area (Å²) < 4.78 is 5.10. The zero-order chi connectivity index (χ0) is 20.5. The van der Waals surface area contributed by atoms with Crippen molar-refractivity contribution in [3.8, 4) is 0 Å². The van der Waals surface area contributed by atoms with Crippen molar-refractivity contribution in [1.82, 2.24) is 5.16 Å². The molecule has 0 N–H and O–H groups in total. The number of rotatable bonds is 3. The second-order valence-electron chi connectivity index (χ2n) is 7.35. The lowest BCUT2D eigenvalue weighted by molar-refractivity contribution is -0.117. The minimum Gasteiger partial charge on any atom is -0.361 e. The first-order valence-corrected chi connectivity index (χ1v) is 9.67. The first-order chi connectivity index (χ1) is 14.0. The molecular formula is C23H23N3O3. The van der Waals surface area contributed by atoms with E-state index < -0.39 is 0 Å². The Morgan fingerprint density at radius 2 is 1.79 bits per heavy atom. The summed E-state index contributed by atoms with van der Waals surface area (Å²) in [7, 11) is 0. The zero-order valence-corrected chi connectivity index (χ0v) is 16.7. The highest BCUT2D eigenvalue weighted by atomic mass is 16.5. The number of amides is 2. The summed E-state index contributed by atoms with van der Waals surface area (Å²) in [4.78, 5) is 29.5. The van der Waals surface area contributed by atoms with E-state index >= 15 is 0 Å². The van der Waals surface area contributed by atoms with Gasteiger partial charge in [-0.25, -0.2) is 0 Å². The molecule has 1 aromatic heterocycles. The van der Waals surface area contributed by atoms with Crippen LogP contribution in [0.5, 0.6) is 0 Å². The molecule has 2 atom stereocenters. The fourth-order valence-corrected chi connectivity index (χ4v) is 4.14. The Balaban J connectivity index is 1.80. The molecule has 0 saturated heterocycles. The van der Waals surface area contributed by atoms with Crippen LogP contribution in [0.1, 0.15) is 48.0 Å². The Kier molecular flexibility index (Phi) is 4.92. The molecule has 6 heteroatoms. The van der Waals surface area contributed by atoms with Gasteiger partial charge < -0.3 is 14.3 Å². The lowest BCUT2D eigenvalue weighted by atomic mass is 9.89. The van der Waals surface area contributed by atoms with Gasteiger partial charge in [-0.05, 0) is 44.0 Å². The fraction of sp³-hybridized carbons (Fsp3) is 0.261. The summed E-state index contributed by atoms with van der Waals surface area (Å²) >= 11 is 0. The highest BCUT2D eigenvalue weighted by Gasteiger charge is 2.38. The number of nitrogens with zero attached hydrogens (tertiary/aromatic N) is 3. The number of para-hydroxylation sites is 2. The van der Waals surface area contributed by atoms with Crippen LogP contribution in [0.2, 0.25) is 0 Å². The minimum absolute atomic E-state index is 0.0298. The quantitative estimate of drug-likeness (QED) is 0.661. The highest BCUT2D eigenvalue weighted by molar-refractivity contribution is 6.08. The van der Waals surface area contributed by atoms with Crippen molar-refractivity contribution in [3.05, 3.63) is 77.7 Å². The third-order valence-corrected chi connectivity index (χ3v) is 5.45. The second-order valence-corrected chi connectivity index (χ2v) is 7.35. The molecule has 2 heterocycles. The van der Waals surface area contributed by atoms with Gasteiger partial charge in [0.15, 0.2) is 0 Å². The van der Waals surface area contributed by atoms with Crippen molar-refractivity contribution in [2.24, 2.45) is 0 Å². The van der Waals surface area contributed by atoms with Crippen LogP contribution < -0.4 is 9.80 Å². The number of fused-ring (bicyclic) bond motifs is 1. The number of carbonyl (C=O) groups excluding carboxylic acids is 2. The number of hydrogen-bond acceptors (Lipinski definition) is 4. The Morgan fingerprint density at radius 3 is 2.45 bits per heavy atom. The van der Waals surface area contributed by atoms with E-state index in [9.17, 15) is 9.59 Å². The van der Waals surface area contributed by atoms with Gasteiger partial charge in [-0.3, -0.25) is 9.59 Å². The standard InChI is InChI=1S/C23H23N3O3/c1-15-13-22(26(17(3)27)18-9-5-4-6-10-18)19-11-7-8-12-21(19)25(15)23(28)20-14-24-29-16(20)2/h4-12,14-15,22H,13H2,1-3H3/t15-,22+/m0/s1. The van der Waals surface area contributed by atoms with Crippen LogP contribution in [0.15, 0.2) is 65.3 Å². The Morgan fingerprint density at radius 1 is 1.10 bits per heavy atom. The number of hydrogen-bond donors (Lipinski definition) is 0. The first kappa shape index (κ1) is 18.9. The summed E-state index contributed by atoms with van der Waals surface area (Å²) in [5.41, 5.74) is 3.06. The molecule has 2 amide bonds. The molecule has 0 bridgehead atoms. The third kappa shape index (κ3) is 3.31. The van der Waals surface area contributed by atoms with Crippen molar-refractivity contribution in [3.63, 3.8) is 0 Å². The second kappa shape index (κ2) is 7.54. The molecule has 6 nitrogen and oxygen atoms in total. The molecule has 1 aliphatic rings. The smallest absolute Gasteiger partial charge is 0.263 e. The molecule has 29 heavy (non-hydrogen) atoms. The molecule has 0 radical (unpaired) electrons. The molecule has 4 rings (SSSR count). The van der Waals surface area contributed by atoms with Gasteiger partial charge in [0.2, 0.25) is 5.91 Å². The molecular weight excluding hydrogens is 366 g/mol. The highest BCUT2D eigenvalue weighted by Crippen LogP contribution is 2.42. The summed E-state index contributed by atoms with van der Waals surface area (Å²) in [5, 5.41) is 3.75. The van der Waals surface area contributed by atoms with Crippen LogP contribution in [0.25, 0.3) is 0 Å². The van der Waals surface area contributed by atoms with Gasteiger partial charge in [0.05, 0.1) is 12.2 Å². The molecule has 0 unspecified atom stereocenters. The molecule has 0 fully saturated rings. The number of anilines is 2. The Hall–Kier alpha value is -3.41. The molecule has 148 valence electrons. The number of benzene rings is 2. The average molecular weight is 389 g/mol. The first-order valence-electron chi connectivity index (χ1n) is 9.67. The summed E-state index contributed by atoms with van der Waals surface area (Å²) in [5.74, 6) is 0.325. The van der Waals surface area contributed by atoms with Crippen molar-refractivity contribution in [2.75, 3.05) is 9.80 Å². The van der Waals surface area contributed by atoms with E-state index in [1.807, 2.05) is 66.4 Å². The van der Waals surface area contributed by atoms with E-state index in [1.54, 1.807) is 18.7 Å². The van der Waals surface area contributed by atoms with Gasteiger partial charge >= 0.3 is 0 Å². The van der Waals surface area contributed by atoms with Crippen molar-refractivity contribution in [1.29, 1.82) is 0 Å². The lowest BCUT2D eigenvalue weighted by Crippen LogP contribution is -2.47. The summed E-state index contributed by atoms with van der Waals surface area (Å²) in [6, 6.07) is 17.2. The minimum atomic E-state index is -0.159. The molecule has 2 aromatic carbocycles. The summed E-state index contributed by atoms with van der Waals surface area (Å²) in [6.07, 6.45) is 2.09. The lowest BCUT2D eigenvalue weighted by Gasteiger charge is -2.43. The fourth-order valence-electron chi connectivity index (χ4n) is 4.14. The maximum Gasteiger partial charge on any atom is 0.263 e. The van der Waals surface area contributed by atoms with E-state index in [0.717, 1.165) is 16.9 Å². The van der Waals surface area contributed by atoms with Gasteiger partial charge in [-0.1, -0.05) is 41.6 Å². The molecule has 1 aliphatic heterocycles. The van der Waals surface area contributed by atoms with Crippen LogP contribution in [0.4, 0.5) is 11.4 Å². The van der Waals surface area contributed by atoms with Crippen LogP contribution >= 0.6 is 0 Å². The van der Waals surface area contributed by atoms with E-state index in [-0.39, 0.29) is 23.9 Å². The maximum absolute atomic E-state index is 13.3. The van der Waals surface area contributed by atoms with E-state index in [4.69, 9.17) is 4.52 Å². The van der Waals surface area contributed by atoms with Gasteiger partial charge in [-0.15, -0.1) is 0 Å². The number of aromatic nitrogens is 1. The monoisotopic (exact) mass is 389 g/mol. The third-order valence-electron chi connectivity index (χ3n) is 5.45. The number of carbonyl (C=O) groups is 2. The van der Waals surface area contributed by atoms with E-state index in [1.165, 1.54) is 6.20 Å². The number of aryl methyl sites for hydroxylation is 1. The largest absolute Gasteiger partial charge is 0.361 e. The van der Waals surface area contributed by atoms with Gasteiger partial charge in [0.1, 0.15) is 11.3 Å².